The van der Waals surface area contributed by atoms with Crippen molar-refractivity contribution < 1.29 is 9.84 Å². The Kier molecular flexibility index (Phi) is 2.72. The number of nitrogens with two attached hydrogens (primary N) is 1. The fourth-order valence-corrected chi connectivity index (χ4v) is 3.15. The molecule has 2 rings (SSSR count). The molecule has 0 aliphatic carbocycles. The lowest BCUT2D eigenvalue weighted by molar-refractivity contribution is -0.129. The van der Waals surface area contributed by atoms with Crippen molar-refractivity contribution in [2.24, 2.45) is 0 Å². The van der Waals surface area contributed by atoms with Crippen LogP contribution >= 0.6 is 0 Å². The molecule has 4 nitrogen and oxygen atoms in total. The molecule has 0 saturated carbocycles. The second-order valence-electron chi connectivity index (χ2n) is 6.30. The highest BCUT2D eigenvalue weighted by Crippen LogP contribution is 2.52. The molecule has 1 aliphatic rings. The van der Waals surface area contributed by atoms with Crippen molar-refractivity contribution >= 4 is 5.82 Å². The first-order chi connectivity index (χ1) is 8.09. The summed E-state index contributed by atoms with van der Waals surface area (Å²) in [6.07, 6.45) is 2.16. The number of rotatable bonds is 1. The molecule has 1 unspecified atom stereocenters. The molecule has 1 aromatic heterocycles. The van der Waals surface area contributed by atoms with Crippen LogP contribution < -0.4 is 5.73 Å². The lowest BCUT2D eigenvalue weighted by atomic mass is 9.76. The van der Waals surface area contributed by atoms with Crippen LogP contribution in [0.2, 0.25) is 0 Å². The van der Waals surface area contributed by atoms with Crippen LogP contribution in [0.4, 0.5) is 5.82 Å². The first-order valence-corrected chi connectivity index (χ1v) is 6.23. The maximum atomic E-state index is 11.1. The van der Waals surface area contributed by atoms with E-state index in [0.29, 0.717) is 17.8 Å². The monoisotopic (exact) mass is 250 g/mol. The minimum Gasteiger partial charge on any atom is -0.383 e. The molecule has 1 fully saturated rings. The van der Waals surface area contributed by atoms with Crippen molar-refractivity contribution in [3.8, 4) is 0 Å². The van der Waals surface area contributed by atoms with Gasteiger partial charge in [-0.3, -0.25) is 0 Å². The van der Waals surface area contributed by atoms with Gasteiger partial charge in [-0.15, -0.1) is 0 Å². The van der Waals surface area contributed by atoms with E-state index in [0.717, 1.165) is 5.56 Å². The summed E-state index contributed by atoms with van der Waals surface area (Å²) in [6.45, 7) is 9.69. The highest BCUT2D eigenvalue weighted by atomic mass is 16.5. The zero-order valence-electron chi connectivity index (χ0n) is 11.7. The fraction of sp³-hybridized carbons (Fsp3) is 0.643. The van der Waals surface area contributed by atoms with Gasteiger partial charge in [0.25, 0.3) is 0 Å². The summed E-state index contributed by atoms with van der Waals surface area (Å²) in [6, 6.07) is 1.87. The molecule has 3 N–H and O–H groups in total. The number of nitrogens with zero attached hydrogens (tertiary/aromatic N) is 1. The van der Waals surface area contributed by atoms with E-state index in [4.69, 9.17) is 10.5 Å². The number of pyridine rings is 1. The van der Waals surface area contributed by atoms with Crippen molar-refractivity contribution in [3.05, 3.63) is 23.4 Å². The minimum atomic E-state index is -1.11. The average Bonchev–Trinajstić information content (AvgIpc) is 2.29. The zero-order chi connectivity index (χ0) is 13.8. The topological polar surface area (TPSA) is 68.4 Å². The Bertz CT molecular complexity index is 462. The van der Waals surface area contributed by atoms with Crippen molar-refractivity contribution in [1.82, 2.24) is 4.98 Å². The number of aliphatic hydroxyl groups is 1. The Hall–Kier alpha value is -1.13. The number of hydrogen-bond donors (Lipinski definition) is 2. The third kappa shape index (κ3) is 1.80. The Morgan fingerprint density at radius 3 is 2.39 bits per heavy atom. The second kappa shape index (κ2) is 3.68. The predicted octanol–water partition coefficient (Wildman–Crippen LogP) is 2.14. The molecule has 2 heterocycles. The van der Waals surface area contributed by atoms with Crippen molar-refractivity contribution in [2.45, 2.75) is 57.8 Å². The van der Waals surface area contributed by atoms with Gasteiger partial charge in [0, 0.05) is 18.2 Å². The fourth-order valence-electron chi connectivity index (χ4n) is 3.15. The summed E-state index contributed by atoms with van der Waals surface area (Å²) < 4.78 is 5.98. The van der Waals surface area contributed by atoms with Crippen LogP contribution in [0.1, 0.15) is 45.2 Å². The summed E-state index contributed by atoms with van der Waals surface area (Å²) in [4.78, 5) is 4.11. The van der Waals surface area contributed by atoms with E-state index >= 15 is 0 Å². The van der Waals surface area contributed by atoms with Gasteiger partial charge in [-0.1, -0.05) is 0 Å². The summed E-state index contributed by atoms with van der Waals surface area (Å²) in [7, 11) is 0. The molecule has 0 bridgehead atoms. The van der Waals surface area contributed by atoms with Gasteiger partial charge >= 0.3 is 0 Å². The van der Waals surface area contributed by atoms with E-state index in [1.165, 1.54) is 0 Å². The summed E-state index contributed by atoms with van der Waals surface area (Å²) in [5.41, 5.74) is 5.42. The van der Waals surface area contributed by atoms with E-state index in [9.17, 15) is 5.11 Å². The standard InChI is InChI=1S/C14H22N2O2/c1-9-6-7-16-11(15)10(9)14(17)8-12(2,3)18-13(14,4)5/h6-7,17H,8H2,1-5H3,(H2,15,16). The van der Waals surface area contributed by atoms with E-state index in [1.54, 1.807) is 6.20 Å². The molecule has 1 saturated heterocycles. The Balaban J connectivity index is 2.62. The first-order valence-electron chi connectivity index (χ1n) is 6.23. The van der Waals surface area contributed by atoms with Crippen LogP contribution in [0, 0.1) is 6.92 Å². The van der Waals surface area contributed by atoms with Gasteiger partial charge in [-0.25, -0.2) is 4.98 Å². The van der Waals surface area contributed by atoms with E-state index in [2.05, 4.69) is 4.98 Å². The molecule has 0 amide bonds. The Labute approximate surface area is 108 Å². The van der Waals surface area contributed by atoms with Gasteiger partial charge in [0.2, 0.25) is 0 Å². The Morgan fingerprint density at radius 2 is 1.94 bits per heavy atom. The van der Waals surface area contributed by atoms with Crippen molar-refractivity contribution in [1.29, 1.82) is 0 Å². The van der Waals surface area contributed by atoms with Gasteiger partial charge in [-0.2, -0.15) is 0 Å². The van der Waals surface area contributed by atoms with Gasteiger partial charge in [0.05, 0.1) is 11.2 Å². The molecule has 1 aromatic rings. The largest absolute Gasteiger partial charge is 0.383 e. The van der Waals surface area contributed by atoms with Gasteiger partial charge < -0.3 is 15.6 Å². The molecule has 100 valence electrons. The number of aromatic nitrogens is 1. The molecular formula is C14H22N2O2. The molecule has 0 aromatic carbocycles. The van der Waals surface area contributed by atoms with Crippen LogP contribution in [0.15, 0.2) is 12.3 Å². The summed E-state index contributed by atoms with van der Waals surface area (Å²) >= 11 is 0. The van der Waals surface area contributed by atoms with Crippen LogP contribution in [0.5, 0.6) is 0 Å². The molecule has 0 spiro atoms. The van der Waals surface area contributed by atoms with Gasteiger partial charge in [0.1, 0.15) is 11.4 Å². The van der Waals surface area contributed by atoms with Crippen molar-refractivity contribution in [2.75, 3.05) is 5.73 Å². The number of aryl methyl sites for hydroxylation is 1. The highest BCUT2D eigenvalue weighted by molar-refractivity contribution is 5.50. The molecule has 0 radical (unpaired) electrons. The number of ether oxygens (including phenoxy) is 1. The molecule has 1 aliphatic heterocycles. The van der Waals surface area contributed by atoms with Gasteiger partial charge in [0.15, 0.2) is 0 Å². The third-order valence-electron chi connectivity index (χ3n) is 3.81. The lowest BCUT2D eigenvalue weighted by Gasteiger charge is -2.36. The predicted molar refractivity (Wildman–Crippen MR) is 71.1 cm³/mol. The second-order valence-corrected chi connectivity index (χ2v) is 6.30. The maximum absolute atomic E-state index is 11.1. The van der Waals surface area contributed by atoms with E-state index in [1.807, 2.05) is 40.7 Å². The van der Waals surface area contributed by atoms with E-state index < -0.39 is 11.2 Å². The number of hydrogen-bond acceptors (Lipinski definition) is 4. The highest BCUT2D eigenvalue weighted by Gasteiger charge is 2.58. The van der Waals surface area contributed by atoms with E-state index in [-0.39, 0.29) is 5.60 Å². The van der Waals surface area contributed by atoms with Crippen LogP contribution in [0.25, 0.3) is 0 Å². The van der Waals surface area contributed by atoms with Crippen LogP contribution in [-0.4, -0.2) is 21.3 Å². The number of nitrogen functional groups attached to an aromatic ring is 1. The summed E-state index contributed by atoms with van der Waals surface area (Å²) in [5, 5.41) is 11.1. The summed E-state index contributed by atoms with van der Waals surface area (Å²) in [5.74, 6) is 0.381. The average molecular weight is 250 g/mol. The van der Waals surface area contributed by atoms with Crippen LogP contribution in [0.3, 0.4) is 0 Å². The Morgan fingerprint density at radius 1 is 1.33 bits per heavy atom. The maximum Gasteiger partial charge on any atom is 0.129 e. The minimum absolute atomic E-state index is 0.381. The first kappa shape index (κ1) is 13.3. The quantitative estimate of drug-likeness (QED) is 0.801. The van der Waals surface area contributed by atoms with Crippen molar-refractivity contribution in [3.63, 3.8) is 0 Å². The normalized spacial score (nSPS) is 29.4. The van der Waals surface area contributed by atoms with Gasteiger partial charge in [-0.05, 0) is 46.2 Å². The molecule has 1 atom stereocenters. The third-order valence-corrected chi connectivity index (χ3v) is 3.81. The molecule has 4 heteroatoms. The zero-order valence-corrected chi connectivity index (χ0v) is 11.7. The lowest BCUT2D eigenvalue weighted by Crippen LogP contribution is -2.44. The number of anilines is 1. The van der Waals surface area contributed by atoms with Crippen LogP contribution in [-0.2, 0) is 10.3 Å². The molecule has 18 heavy (non-hydrogen) atoms. The molecular weight excluding hydrogens is 228 g/mol. The SMILES string of the molecule is Cc1ccnc(N)c1C1(O)CC(C)(C)OC1(C)C. The smallest absolute Gasteiger partial charge is 0.129 e.